The number of nitrogens with two attached hydrogens (primary N) is 1. The van der Waals surface area contributed by atoms with Gasteiger partial charge in [0, 0.05) is 24.4 Å². The highest BCUT2D eigenvalue weighted by molar-refractivity contribution is 5.92. The Morgan fingerprint density at radius 1 is 1.05 bits per heavy atom. The maximum atomic E-state index is 13.1. The van der Waals surface area contributed by atoms with Crippen molar-refractivity contribution in [2.75, 3.05) is 5.32 Å². The van der Waals surface area contributed by atoms with E-state index in [9.17, 15) is 18.0 Å². The number of carbonyl (C=O) groups excluding carboxylic acids is 1. The van der Waals surface area contributed by atoms with E-state index in [0.717, 1.165) is 23.3 Å². The normalized spacial score (nSPS) is 10.5. The highest BCUT2D eigenvalue weighted by Gasteiger charge is 2.13. The van der Waals surface area contributed by atoms with Crippen molar-refractivity contribution >= 4 is 11.6 Å². The lowest BCUT2D eigenvalue weighted by atomic mass is 10.0. The molecule has 0 saturated carbocycles. The van der Waals surface area contributed by atoms with Crippen LogP contribution in [0.2, 0.25) is 0 Å². The lowest BCUT2D eigenvalue weighted by Crippen LogP contribution is -2.16. The predicted molar refractivity (Wildman–Crippen MR) is 73.0 cm³/mol. The minimum Gasteiger partial charge on any atom is -0.326 e. The molecule has 0 atom stereocenters. The summed E-state index contributed by atoms with van der Waals surface area (Å²) in [6, 6.07) is 8.55. The summed E-state index contributed by atoms with van der Waals surface area (Å²) in [7, 11) is 0. The van der Waals surface area contributed by atoms with E-state index in [2.05, 4.69) is 5.32 Å². The van der Waals surface area contributed by atoms with E-state index in [1.165, 1.54) is 0 Å². The van der Waals surface area contributed by atoms with Gasteiger partial charge in [-0.2, -0.15) is 0 Å². The fraction of sp³-hybridized carbons (Fsp3) is 0.133. The van der Waals surface area contributed by atoms with Gasteiger partial charge in [-0.1, -0.05) is 24.3 Å². The summed E-state index contributed by atoms with van der Waals surface area (Å²) in [5, 5.41) is 2.32. The number of hydrogen-bond donors (Lipinski definition) is 2. The van der Waals surface area contributed by atoms with Crippen LogP contribution in [0.4, 0.5) is 18.9 Å². The largest absolute Gasteiger partial charge is 0.326 e. The molecule has 0 saturated heterocycles. The molecule has 0 radical (unpaired) electrons. The molecule has 3 N–H and O–H groups in total. The number of halogens is 3. The SMILES string of the molecule is NCc1ccccc1CC(=O)Nc1cc(F)c(F)c(F)c1. The summed E-state index contributed by atoms with van der Waals surface area (Å²) in [6.45, 7) is 0.281. The molecule has 0 aliphatic rings. The summed E-state index contributed by atoms with van der Waals surface area (Å²) in [6.07, 6.45) is 0.00792. The standard InChI is InChI=1S/C15H13F3N2O/c16-12-6-11(7-13(17)15(12)18)20-14(21)5-9-3-1-2-4-10(9)8-19/h1-4,6-7H,5,8,19H2,(H,20,21). The molecule has 0 fully saturated rings. The van der Waals surface area contributed by atoms with Gasteiger partial charge in [0.05, 0.1) is 6.42 Å². The number of benzene rings is 2. The second kappa shape index (κ2) is 6.41. The highest BCUT2D eigenvalue weighted by atomic mass is 19.2. The average Bonchev–Trinajstić information content (AvgIpc) is 2.45. The number of rotatable bonds is 4. The first-order valence-electron chi connectivity index (χ1n) is 6.22. The molecule has 110 valence electrons. The van der Waals surface area contributed by atoms with Crippen LogP contribution < -0.4 is 11.1 Å². The highest BCUT2D eigenvalue weighted by Crippen LogP contribution is 2.18. The van der Waals surface area contributed by atoms with Gasteiger partial charge in [-0.3, -0.25) is 4.79 Å². The monoisotopic (exact) mass is 294 g/mol. The van der Waals surface area contributed by atoms with Crippen molar-refractivity contribution in [3.8, 4) is 0 Å². The molecule has 3 nitrogen and oxygen atoms in total. The molecule has 0 aliphatic carbocycles. The summed E-state index contributed by atoms with van der Waals surface area (Å²) in [5.74, 6) is -4.75. The maximum Gasteiger partial charge on any atom is 0.228 e. The molecule has 0 unspecified atom stereocenters. The van der Waals surface area contributed by atoms with Crippen LogP contribution in [0.5, 0.6) is 0 Å². The van der Waals surface area contributed by atoms with Gasteiger partial charge < -0.3 is 11.1 Å². The summed E-state index contributed by atoms with van der Waals surface area (Å²) < 4.78 is 38.9. The minimum absolute atomic E-state index is 0.00792. The number of anilines is 1. The van der Waals surface area contributed by atoms with Crippen molar-refractivity contribution < 1.29 is 18.0 Å². The predicted octanol–water partition coefficient (Wildman–Crippen LogP) is 2.74. The van der Waals surface area contributed by atoms with E-state index in [1.54, 1.807) is 24.3 Å². The molecule has 1 amide bonds. The third-order valence-electron chi connectivity index (χ3n) is 2.96. The van der Waals surface area contributed by atoms with E-state index in [4.69, 9.17) is 5.73 Å². The quantitative estimate of drug-likeness (QED) is 0.852. The number of hydrogen-bond acceptors (Lipinski definition) is 2. The fourth-order valence-corrected chi connectivity index (χ4v) is 1.93. The molecule has 0 aliphatic heterocycles. The van der Waals surface area contributed by atoms with Gasteiger partial charge in [0.1, 0.15) is 0 Å². The topological polar surface area (TPSA) is 55.1 Å². The molecule has 0 bridgehead atoms. The van der Waals surface area contributed by atoms with Crippen LogP contribution in [0.25, 0.3) is 0 Å². The Hall–Kier alpha value is -2.34. The fourth-order valence-electron chi connectivity index (χ4n) is 1.93. The zero-order chi connectivity index (χ0) is 15.4. The number of nitrogens with one attached hydrogen (secondary N) is 1. The Labute approximate surface area is 119 Å². The van der Waals surface area contributed by atoms with Crippen molar-refractivity contribution in [2.45, 2.75) is 13.0 Å². The van der Waals surface area contributed by atoms with Crippen LogP contribution in [-0.4, -0.2) is 5.91 Å². The van der Waals surface area contributed by atoms with Gasteiger partial charge in [-0.05, 0) is 11.1 Å². The molecule has 2 aromatic rings. The molecule has 6 heteroatoms. The van der Waals surface area contributed by atoms with Crippen LogP contribution in [0.1, 0.15) is 11.1 Å². The van der Waals surface area contributed by atoms with Crippen LogP contribution in [-0.2, 0) is 17.8 Å². The molecular weight excluding hydrogens is 281 g/mol. The molecule has 0 heterocycles. The van der Waals surface area contributed by atoms with Crippen LogP contribution in [0.3, 0.4) is 0 Å². The minimum atomic E-state index is -1.57. The van der Waals surface area contributed by atoms with E-state index < -0.39 is 23.4 Å². The molecule has 0 spiro atoms. The number of carbonyl (C=O) groups is 1. The lowest BCUT2D eigenvalue weighted by molar-refractivity contribution is -0.115. The van der Waals surface area contributed by atoms with Crippen molar-refractivity contribution in [1.29, 1.82) is 0 Å². The van der Waals surface area contributed by atoms with E-state index in [1.807, 2.05) is 0 Å². The van der Waals surface area contributed by atoms with E-state index >= 15 is 0 Å². The van der Waals surface area contributed by atoms with Gasteiger partial charge >= 0.3 is 0 Å². The first kappa shape index (κ1) is 15.1. The van der Waals surface area contributed by atoms with Gasteiger partial charge in [-0.25, -0.2) is 13.2 Å². The zero-order valence-electron chi connectivity index (χ0n) is 11.0. The second-order valence-corrected chi connectivity index (χ2v) is 4.45. The Morgan fingerprint density at radius 2 is 1.62 bits per heavy atom. The first-order valence-corrected chi connectivity index (χ1v) is 6.22. The zero-order valence-corrected chi connectivity index (χ0v) is 11.0. The van der Waals surface area contributed by atoms with Crippen LogP contribution in [0, 0.1) is 17.5 Å². The second-order valence-electron chi connectivity index (χ2n) is 4.45. The lowest BCUT2D eigenvalue weighted by Gasteiger charge is -2.09. The Bertz CT molecular complexity index is 651. The number of amides is 1. The smallest absolute Gasteiger partial charge is 0.228 e. The van der Waals surface area contributed by atoms with Gasteiger partial charge in [0.15, 0.2) is 17.5 Å². The summed E-state index contributed by atoms with van der Waals surface area (Å²) in [4.78, 5) is 11.9. The van der Waals surface area contributed by atoms with E-state index in [-0.39, 0.29) is 18.7 Å². The van der Waals surface area contributed by atoms with Crippen molar-refractivity contribution in [3.05, 3.63) is 65.0 Å². The Balaban J connectivity index is 2.12. The Kier molecular flexibility index (Phi) is 4.59. The average molecular weight is 294 g/mol. The first-order chi connectivity index (χ1) is 10.0. The molecule has 21 heavy (non-hydrogen) atoms. The van der Waals surface area contributed by atoms with Gasteiger partial charge in [-0.15, -0.1) is 0 Å². The van der Waals surface area contributed by atoms with Crippen molar-refractivity contribution in [2.24, 2.45) is 5.73 Å². The van der Waals surface area contributed by atoms with E-state index in [0.29, 0.717) is 0 Å². The third-order valence-corrected chi connectivity index (χ3v) is 2.96. The van der Waals surface area contributed by atoms with Gasteiger partial charge in [0.2, 0.25) is 5.91 Å². The molecular formula is C15H13F3N2O. The van der Waals surface area contributed by atoms with Crippen LogP contribution >= 0.6 is 0 Å². The molecule has 2 aromatic carbocycles. The summed E-state index contributed by atoms with van der Waals surface area (Å²) in [5.41, 5.74) is 6.96. The summed E-state index contributed by atoms with van der Waals surface area (Å²) >= 11 is 0. The Morgan fingerprint density at radius 3 is 2.19 bits per heavy atom. The van der Waals surface area contributed by atoms with Crippen LogP contribution in [0.15, 0.2) is 36.4 Å². The third kappa shape index (κ3) is 3.61. The van der Waals surface area contributed by atoms with Gasteiger partial charge in [0.25, 0.3) is 0 Å². The van der Waals surface area contributed by atoms with Crippen molar-refractivity contribution in [1.82, 2.24) is 0 Å². The molecule has 0 aromatic heterocycles. The van der Waals surface area contributed by atoms with Crippen molar-refractivity contribution in [3.63, 3.8) is 0 Å². The maximum absolute atomic E-state index is 13.1. The molecule has 2 rings (SSSR count).